The van der Waals surface area contributed by atoms with Gasteiger partial charge in [0.05, 0.1) is 19.7 Å². The Hall–Kier alpha value is -2.30. The second-order valence-electron chi connectivity index (χ2n) is 7.10. The van der Waals surface area contributed by atoms with Crippen molar-refractivity contribution >= 4 is 5.91 Å². The molecule has 2 aromatic rings. The molecule has 0 radical (unpaired) electrons. The molecule has 1 aromatic carbocycles. The smallest absolute Gasteiger partial charge is 0.226 e. The van der Waals surface area contributed by atoms with Gasteiger partial charge in [0.15, 0.2) is 0 Å². The highest BCUT2D eigenvalue weighted by molar-refractivity contribution is 5.83. The molecule has 1 amide bonds. The van der Waals surface area contributed by atoms with E-state index in [9.17, 15) is 4.79 Å². The number of nitrogens with zero attached hydrogens (tertiary/aromatic N) is 3. The molecule has 2 heterocycles. The number of piperidine rings is 1. The molecule has 0 spiro atoms. The van der Waals surface area contributed by atoms with Crippen LogP contribution in [0.25, 0.3) is 0 Å². The average Bonchev–Trinajstić information content (AvgIpc) is 3.29. The van der Waals surface area contributed by atoms with Crippen LogP contribution in [-0.4, -0.2) is 40.3 Å². The zero-order chi connectivity index (χ0) is 17.2. The SMILES string of the molecule is COc1ccccc1[C@@H]1C[C@H]1C(=O)N1CCCC[C@H]1Cn1cccn1. The van der Waals surface area contributed by atoms with Gasteiger partial charge in [0.25, 0.3) is 0 Å². The first kappa shape index (κ1) is 16.2. The minimum atomic E-state index is 0.106. The van der Waals surface area contributed by atoms with Crippen LogP contribution in [0.1, 0.15) is 37.2 Å². The molecule has 2 aliphatic rings. The fourth-order valence-electron chi connectivity index (χ4n) is 4.10. The van der Waals surface area contributed by atoms with E-state index in [2.05, 4.69) is 16.1 Å². The topological polar surface area (TPSA) is 47.4 Å². The highest BCUT2D eigenvalue weighted by Crippen LogP contribution is 2.51. The lowest BCUT2D eigenvalue weighted by atomic mass is 10.0. The Morgan fingerprint density at radius 1 is 1.28 bits per heavy atom. The van der Waals surface area contributed by atoms with Gasteiger partial charge in [0, 0.05) is 24.9 Å². The van der Waals surface area contributed by atoms with Gasteiger partial charge in [-0.2, -0.15) is 5.10 Å². The van der Waals surface area contributed by atoms with Crippen LogP contribution in [0.5, 0.6) is 5.75 Å². The lowest BCUT2D eigenvalue weighted by molar-refractivity contribution is -0.136. The van der Waals surface area contributed by atoms with Gasteiger partial charge in [-0.15, -0.1) is 0 Å². The van der Waals surface area contributed by atoms with E-state index in [1.165, 1.54) is 12.0 Å². The van der Waals surface area contributed by atoms with Gasteiger partial charge >= 0.3 is 0 Å². The molecule has 1 aromatic heterocycles. The molecule has 0 unspecified atom stereocenters. The molecule has 5 heteroatoms. The Balaban J connectivity index is 1.46. The van der Waals surface area contributed by atoms with Crippen molar-refractivity contribution in [1.82, 2.24) is 14.7 Å². The Kier molecular flexibility index (Phi) is 4.47. The van der Waals surface area contributed by atoms with Crippen LogP contribution in [0.4, 0.5) is 0 Å². The van der Waals surface area contributed by atoms with Gasteiger partial charge in [0.1, 0.15) is 5.75 Å². The summed E-state index contributed by atoms with van der Waals surface area (Å²) >= 11 is 0. The van der Waals surface area contributed by atoms with Gasteiger partial charge < -0.3 is 9.64 Å². The van der Waals surface area contributed by atoms with Crippen LogP contribution >= 0.6 is 0 Å². The summed E-state index contributed by atoms with van der Waals surface area (Å²) in [5.41, 5.74) is 1.17. The zero-order valence-corrected chi connectivity index (χ0v) is 14.7. The van der Waals surface area contributed by atoms with E-state index >= 15 is 0 Å². The lowest BCUT2D eigenvalue weighted by Crippen LogP contribution is -2.46. The Labute approximate surface area is 148 Å². The molecule has 0 bridgehead atoms. The maximum absolute atomic E-state index is 13.1. The van der Waals surface area contributed by atoms with E-state index in [0.29, 0.717) is 11.8 Å². The normalized spacial score (nSPS) is 25.6. The van der Waals surface area contributed by atoms with Crippen LogP contribution in [0.2, 0.25) is 0 Å². The third-order valence-electron chi connectivity index (χ3n) is 5.51. The zero-order valence-electron chi connectivity index (χ0n) is 14.7. The van der Waals surface area contributed by atoms with Crippen LogP contribution in [0.3, 0.4) is 0 Å². The van der Waals surface area contributed by atoms with E-state index < -0.39 is 0 Å². The summed E-state index contributed by atoms with van der Waals surface area (Å²) in [5, 5.41) is 4.31. The van der Waals surface area contributed by atoms with Crippen molar-refractivity contribution in [3.8, 4) is 5.75 Å². The van der Waals surface area contributed by atoms with Crippen LogP contribution < -0.4 is 4.74 Å². The fraction of sp³-hybridized carbons (Fsp3) is 0.500. The molecular weight excluding hydrogens is 314 g/mol. The maximum atomic E-state index is 13.1. The number of benzene rings is 1. The minimum Gasteiger partial charge on any atom is -0.496 e. The van der Waals surface area contributed by atoms with Crippen molar-refractivity contribution in [2.45, 2.75) is 44.2 Å². The summed E-state index contributed by atoms with van der Waals surface area (Å²) < 4.78 is 7.42. The second kappa shape index (κ2) is 6.90. The third-order valence-corrected chi connectivity index (χ3v) is 5.51. The Bertz CT molecular complexity index is 728. The first-order valence-corrected chi connectivity index (χ1v) is 9.18. The van der Waals surface area contributed by atoms with Gasteiger partial charge in [-0.1, -0.05) is 18.2 Å². The molecule has 1 saturated heterocycles. The summed E-state index contributed by atoms with van der Waals surface area (Å²) in [5.74, 6) is 1.62. The Morgan fingerprint density at radius 2 is 2.16 bits per heavy atom. The van der Waals surface area contributed by atoms with E-state index in [-0.39, 0.29) is 12.0 Å². The third kappa shape index (κ3) is 3.28. The summed E-state index contributed by atoms with van der Waals surface area (Å²) in [6.07, 6.45) is 8.07. The van der Waals surface area contributed by atoms with Gasteiger partial charge in [-0.25, -0.2) is 0 Å². The molecular formula is C20H25N3O2. The molecule has 25 heavy (non-hydrogen) atoms. The molecule has 4 rings (SSSR count). The quantitative estimate of drug-likeness (QED) is 0.841. The predicted octanol–water partition coefficient (Wildman–Crippen LogP) is 3.08. The van der Waals surface area contributed by atoms with Crippen LogP contribution in [0, 0.1) is 5.92 Å². The number of likely N-dealkylation sites (tertiary alicyclic amines) is 1. The predicted molar refractivity (Wildman–Crippen MR) is 95.4 cm³/mol. The highest BCUT2D eigenvalue weighted by atomic mass is 16.5. The van der Waals surface area contributed by atoms with Crippen molar-refractivity contribution in [2.24, 2.45) is 5.92 Å². The van der Waals surface area contributed by atoms with Crippen molar-refractivity contribution in [2.75, 3.05) is 13.7 Å². The molecule has 132 valence electrons. The fourth-order valence-corrected chi connectivity index (χ4v) is 4.10. The summed E-state index contributed by atoms with van der Waals surface area (Å²) in [6.45, 7) is 1.67. The minimum absolute atomic E-state index is 0.106. The molecule has 1 saturated carbocycles. The van der Waals surface area contributed by atoms with E-state index in [1.54, 1.807) is 13.3 Å². The van der Waals surface area contributed by atoms with E-state index in [4.69, 9.17) is 4.74 Å². The molecule has 3 atom stereocenters. The summed E-state index contributed by atoms with van der Waals surface area (Å²) in [4.78, 5) is 15.3. The number of hydrogen-bond donors (Lipinski definition) is 0. The molecule has 5 nitrogen and oxygen atoms in total. The van der Waals surface area contributed by atoms with E-state index in [1.807, 2.05) is 35.1 Å². The first-order valence-electron chi connectivity index (χ1n) is 9.18. The average molecular weight is 339 g/mol. The number of ether oxygens (including phenoxy) is 1. The highest BCUT2D eigenvalue weighted by Gasteiger charge is 2.48. The number of methoxy groups -OCH3 is 1. The molecule has 1 aliphatic carbocycles. The summed E-state index contributed by atoms with van der Waals surface area (Å²) in [7, 11) is 1.70. The van der Waals surface area contributed by atoms with Crippen LogP contribution in [-0.2, 0) is 11.3 Å². The second-order valence-corrected chi connectivity index (χ2v) is 7.10. The molecule has 2 fully saturated rings. The first-order chi connectivity index (χ1) is 12.3. The lowest BCUT2D eigenvalue weighted by Gasteiger charge is -2.36. The monoisotopic (exact) mass is 339 g/mol. The number of carbonyl (C=O) groups is 1. The van der Waals surface area contributed by atoms with Crippen molar-refractivity contribution in [1.29, 1.82) is 0 Å². The number of para-hydroxylation sites is 1. The number of hydrogen-bond acceptors (Lipinski definition) is 3. The van der Waals surface area contributed by atoms with Crippen LogP contribution in [0.15, 0.2) is 42.7 Å². The number of aromatic nitrogens is 2. The Morgan fingerprint density at radius 3 is 2.96 bits per heavy atom. The van der Waals surface area contributed by atoms with E-state index in [0.717, 1.165) is 38.1 Å². The standard InChI is InChI=1S/C20H25N3O2/c1-25-19-9-3-2-8-16(19)17-13-18(17)20(24)23-12-5-4-7-15(23)14-22-11-6-10-21-22/h2-3,6,8-11,15,17-18H,4-5,7,12-14H2,1H3/t15-,17-,18+/m0/s1. The number of amides is 1. The van der Waals surface area contributed by atoms with Crippen molar-refractivity contribution in [3.63, 3.8) is 0 Å². The molecule has 1 aliphatic heterocycles. The number of rotatable bonds is 5. The molecule has 0 N–H and O–H groups in total. The van der Waals surface area contributed by atoms with Crippen molar-refractivity contribution in [3.05, 3.63) is 48.3 Å². The van der Waals surface area contributed by atoms with Gasteiger partial charge in [-0.3, -0.25) is 9.48 Å². The largest absolute Gasteiger partial charge is 0.496 e. The van der Waals surface area contributed by atoms with Gasteiger partial charge in [-0.05, 0) is 49.3 Å². The maximum Gasteiger partial charge on any atom is 0.226 e. The number of carbonyl (C=O) groups excluding carboxylic acids is 1. The summed E-state index contributed by atoms with van der Waals surface area (Å²) in [6, 6.07) is 10.3. The van der Waals surface area contributed by atoms with Gasteiger partial charge in [0.2, 0.25) is 5.91 Å². The van der Waals surface area contributed by atoms with Crippen molar-refractivity contribution < 1.29 is 9.53 Å².